The highest BCUT2D eigenvalue weighted by Crippen LogP contribution is 2.65. The summed E-state index contributed by atoms with van der Waals surface area (Å²) >= 11 is 0. The van der Waals surface area contributed by atoms with E-state index in [9.17, 15) is 19.8 Å². The summed E-state index contributed by atoms with van der Waals surface area (Å²) in [6, 6.07) is 8.45. The fraction of sp³-hybridized carbons (Fsp3) is 0.686. The van der Waals surface area contributed by atoms with Crippen molar-refractivity contribution in [3.63, 3.8) is 0 Å². The van der Waals surface area contributed by atoms with Crippen molar-refractivity contribution in [2.75, 3.05) is 6.61 Å². The number of Topliss-reactive ketones (excluding diaryl/α,β-unsaturated/α-hetero) is 1. The standard InChI is InChI=1S/C34H48O10Si2.CH4/c1-19-22(36)16-34(39)29(41-30(38)21-13-11-10-12-14-21)27-32(5)23(15-24-33(27,17-40-24)42-20(2)35)43-45(6,7)18-46(8,9)44-26(28(32)37)25(19)31(34,3)4;/h10-14,22-24,26-27,29,36,39H,15-18H2,1-9H3;1H4/t22-,23?,24+,26?,27?,29-,32+,33-,34+;/m0./s1. The number of carbonyl (C=O) groups excluding carboxylic acids is 3. The molecule has 0 radical (unpaired) electrons. The van der Waals surface area contributed by atoms with Crippen molar-refractivity contribution >= 4 is 34.4 Å². The molecule has 47 heavy (non-hydrogen) atoms. The van der Waals surface area contributed by atoms with Gasteiger partial charge in [0.2, 0.25) is 0 Å². The fourth-order valence-electron chi connectivity index (χ4n) is 9.70. The van der Waals surface area contributed by atoms with Crippen LogP contribution in [0.4, 0.5) is 0 Å². The molecular formula is C35H52O10Si2. The monoisotopic (exact) mass is 688 g/mol. The molecule has 0 spiro atoms. The molecule has 260 valence electrons. The molecule has 1 aromatic rings. The van der Waals surface area contributed by atoms with Crippen LogP contribution in [-0.2, 0) is 32.7 Å². The van der Waals surface area contributed by atoms with Gasteiger partial charge < -0.3 is 33.3 Å². The average molecular weight is 689 g/mol. The number of rotatable bonds is 3. The fourth-order valence-corrected chi connectivity index (χ4v) is 20.5. The van der Waals surface area contributed by atoms with Crippen LogP contribution in [0.25, 0.3) is 0 Å². The Morgan fingerprint density at radius 2 is 1.62 bits per heavy atom. The van der Waals surface area contributed by atoms with Gasteiger partial charge in [0.05, 0.1) is 35.7 Å². The first-order chi connectivity index (χ1) is 21.2. The smallest absolute Gasteiger partial charge is 0.338 e. The summed E-state index contributed by atoms with van der Waals surface area (Å²) in [5.41, 5.74) is -4.00. The molecular weight excluding hydrogens is 637 g/mol. The maximum absolute atomic E-state index is 15.6. The van der Waals surface area contributed by atoms with E-state index >= 15 is 4.79 Å². The highest BCUT2D eigenvalue weighted by Gasteiger charge is 2.78. The lowest BCUT2D eigenvalue weighted by atomic mass is 9.44. The molecule has 0 aromatic heterocycles. The lowest BCUT2D eigenvalue weighted by Gasteiger charge is -2.68. The molecule has 2 N–H and O–H groups in total. The molecule has 2 saturated carbocycles. The van der Waals surface area contributed by atoms with E-state index < -0.39 is 87.0 Å². The SMILES string of the molecule is C.CC(=O)O[C@@]12CO[C@@H]1CC1O[Si](C)(C)C[Si](C)(C)OC3C(=O)[C@@]1(C)C2[C@H](OC(=O)c1ccccc1)[C@]1(O)C[C@H](O)C(C)=C3C1(C)C. The third-order valence-corrected chi connectivity index (χ3v) is 20.2. The maximum atomic E-state index is 15.6. The molecule has 4 bridgehead atoms. The van der Waals surface area contributed by atoms with Gasteiger partial charge in [-0.3, -0.25) is 9.59 Å². The first-order valence-corrected chi connectivity index (χ1v) is 22.5. The predicted octanol–water partition coefficient (Wildman–Crippen LogP) is 4.73. The number of aliphatic hydroxyl groups is 2. The van der Waals surface area contributed by atoms with E-state index in [1.165, 1.54) is 6.92 Å². The van der Waals surface area contributed by atoms with Crippen LogP contribution in [0.2, 0.25) is 31.9 Å². The summed E-state index contributed by atoms with van der Waals surface area (Å²) < 4.78 is 32.9. The Morgan fingerprint density at radius 1 is 1.00 bits per heavy atom. The zero-order valence-corrected chi connectivity index (χ0v) is 30.3. The number of hydrogen-bond acceptors (Lipinski definition) is 10. The molecule has 12 heteroatoms. The van der Waals surface area contributed by atoms with Crippen LogP contribution in [0.1, 0.15) is 65.2 Å². The number of benzene rings is 1. The van der Waals surface area contributed by atoms with Crippen LogP contribution in [0.15, 0.2) is 41.5 Å². The molecule has 4 fully saturated rings. The van der Waals surface area contributed by atoms with E-state index in [-0.39, 0.29) is 38.2 Å². The van der Waals surface area contributed by atoms with Crippen molar-refractivity contribution in [2.45, 2.75) is 128 Å². The van der Waals surface area contributed by atoms with E-state index in [2.05, 4.69) is 26.2 Å². The Bertz CT molecular complexity index is 1490. The second kappa shape index (κ2) is 11.4. The number of fused-ring (bicyclic) bond motifs is 6. The predicted molar refractivity (Wildman–Crippen MR) is 179 cm³/mol. The quantitative estimate of drug-likeness (QED) is 0.261. The van der Waals surface area contributed by atoms with E-state index in [4.69, 9.17) is 23.1 Å². The van der Waals surface area contributed by atoms with Crippen molar-refractivity contribution < 1.29 is 47.7 Å². The van der Waals surface area contributed by atoms with Crippen molar-refractivity contribution in [2.24, 2.45) is 16.7 Å². The highest BCUT2D eigenvalue weighted by atomic mass is 28.4. The molecule has 1 aromatic carbocycles. The van der Waals surface area contributed by atoms with E-state index in [1.807, 2.05) is 13.8 Å². The molecule has 9 atom stereocenters. The number of ketones is 1. The van der Waals surface area contributed by atoms with Gasteiger partial charge in [-0.05, 0) is 69.0 Å². The summed E-state index contributed by atoms with van der Waals surface area (Å²) in [4.78, 5) is 42.5. The molecule has 2 saturated heterocycles. The lowest BCUT2D eigenvalue weighted by molar-refractivity contribution is -0.344. The Kier molecular flexibility index (Phi) is 8.78. The van der Waals surface area contributed by atoms with Crippen LogP contribution in [-0.4, -0.2) is 92.9 Å². The van der Waals surface area contributed by atoms with E-state index in [1.54, 1.807) is 44.2 Å². The van der Waals surface area contributed by atoms with Crippen LogP contribution in [0.3, 0.4) is 0 Å². The second-order valence-electron chi connectivity index (χ2n) is 16.1. The van der Waals surface area contributed by atoms with E-state index in [0.29, 0.717) is 16.8 Å². The minimum absolute atomic E-state index is 0. The summed E-state index contributed by atoms with van der Waals surface area (Å²) in [5, 5.41) is 24.9. The molecule has 3 unspecified atom stereocenters. The molecule has 3 aliphatic carbocycles. The minimum Gasteiger partial charge on any atom is -0.455 e. The third kappa shape index (κ3) is 5.25. The van der Waals surface area contributed by atoms with Gasteiger partial charge in [-0.2, -0.15) is 0 Å². The van der Waals surface area contributed by atoms with Crippen molar-refractivity contribution in [3.8, 4) is 0 Å². The van der Waals surface area contributed by atoms with Crippen LogP contribution in [0.5, 0.6) is 0 Å². The number of aliphatic hydroxyl groups excluding tert-OH is 1. The van der Waals surface area contributed by atoms with Gasteiger partial charge in [-0.25, -0.2) is 4.79 Å². The first kappa shape index (κ1) is 36.1. The largest absolute Gasteiger partial charge is 0.455 e. The topological polar surface area (TPSA) is 138 Å². The average Bonchev–Trinajstić information content (AvgIpc) is 2.95. The number of ether oxygens (including phenoxy) is 3. The van der Waals surface area contributed by atoms with E-state index in [0.717, 1.165) is 0 Å². The lowest BCUT2D eigenvalue weighted by Crippen LogP contribution is -2.82. The van der Waals surface area contributed by atoms with Gasteiger partial charge in [0.1, 0.15) is 23.9 Å². The van der Waals surface area contributed by atoms with Gasteiger partial charge in [0.15, 0.2) is 28.0 Å². The van der Waals surface area contributed by atoms with Gasteiger partial charge in [-0.1, -0.05) is 39.5 Å². The second-order valence-corrected chi connectivity index (χ2v) is 25.0. The number of esters is 2. The summed E-state index contributed by atoms with van der Waals surface area (Å²) in [6.07, 6.45) is -4.94. The van der Waals surface area contributed by atoms with Crippen LogP contribution >= 0.6 is 0 Å². The molecule has 2 aliphatic heterocycles. The van der Waals surface area contributed by atoms with Crippen molar-refractivity contribution in [3.05, 3.63) is 47.0 Å². The third-order valence-electron chi connectivity index (χ3n) is 11.6. The first-order valence-electron chi connectivity index (χ1n) is 16.3. The summed E-state index contributed by atoms with van der Waals surface area (Å²) in [5.74, 6) is -2.67. The highest BCUT2D eigenvalue weighted by molar-refractivity contribution is 6.89. The van der Waals surface area contributed by atoms with Crippen LogP contribution in [0, 0.1) is 16.7 Å². The molecule has 5 aliphatic rings. The van der Waals surface area contributed by atoms with Gasteiger partial charge >= 0.3 is 11.9 Å². The van der Waals surface area contributed by atoms with Crippen molar-refractivity contribution in [1.29, 1.82) is 0 Å². The van der Waals surface area contributed by atoms with Gasteiger partial charge in [-0.15, -0.1) is 0 Å². The molecule has 6 rings (SSSR count). The Hall–Kier alpha value is -2.20. The number of hydrogen-bond donors (Lipinski definition) is 2. The molecule has 0 amide bonds. The van der Waals surface area contributed by atoms with Gasteiger partial charge in [0.25, 0.3) is 0 Å². The van der Waals surface area contributed by atoms with Crippen LogP contribution < -0.4 is 0 Å². The zero-order valence-electron chi connectivity index (χ0n) is 28.3. The summed E-state index contributed by atoms with van der Waals surface area (Å²) in [7, 11) is -5.12. The Balaban J connectivity index is 0.00000433. The summed E-state index contributed by atoms with van der Waals surface area (Å²) in [6.45, 7) is 16.9. The maximum Gasteiger partial charge on any atom is 0.338 e. The molecule has 10 nitrogen and oxygen atoms in total. The van der Waals surface area contributed by atoms with Crippen molar-refractivity contribution in [1.82, 2.24) is 0 Å². The zero-order chi connectivity index (χ0) is 33.8. The normalized spacial score (nSPS) is 41.2. The Morgan fingerprint density at radius 3 is 2.19 bits per heavy atom. The number of carbonyl (C=O) groups is 3. The molecule has 2 heterocycles. The Labute approximate surface area is 280 Å². The van der Waals surface area contributed by atoms with Gasteiger partial charge in [0, 0.05) is 25.2 Å². The minimum atomic E-state index is -2.61.